The van der Waals surface area contributed by atoms with E-state index in [1.807, 2.05) is 0 Å². The molecule has 2 N–H and O–H groups in total. The Labute approximate surface area is 139 Å². The largest absolute Gasteiger partial charge is 0.370 e. The molecule has 7 unspecified atom stereocenters. The van der Waals surface area contributed by atoms with Gasteiger partial charge in [-0.15, -0.1) is 0 Å². The Balaban J connectivity index is 1.41. The highest BCUT2D eigenvalue weighted by atomic mass is 16.5. The van der Waals surface area contributed by atoms with E-state index in [1.54, 1.807) is 0 Å². The first-order valence-electron chi connectivity index (χ1n) is 9.40. The molecule has 0 spiro atoms. The molecular formula is C21H27NO. The van der Waals surface area contributed by atoms with Gasteiger partial charge in [0.25, 0.3) is 0 Å². The molecule has 0 aromatic heterocycles. The standard InChI is InChI=1S/C21H27NO/c22-20-16-8-9-19(20)21(12-16,18-4-2-1-3-5-18)23-13-17-11-14-6-7-15(17)10-14/h1-7,14-17,19-20H,8-13,22H2. The quantitative estimate of drug-likeness (QED) is 0.857. The lowest BCUT2D eigenvalue weighted by atomic mass is 9.78. The van der Waals surface area contributed by atoms with Crippen LogP contribution in [-0.4, -0.2) is 12.6 Å². The van der Waals surface area contributed by atoms with Crippen LogP contribution in [0.4, 0.5) is 0 Å². The van der Waals surface area contributed by atoms with Gasteiger partial charge in [-0.3, -0.25) is 0 Å². The summed E-state index contributed by atoms with van der Waals surface area (Å²) in [5.74, 6) is 3.47. The van der Waals surface area contributed by atoms with E-state index in [1.165, 1.54) is 31.2 Å². The maximum Gasteiger partial charge on any atom is 0.0977 e. The highest BCUT2D eigenvalue weighted by molar-refractivity contribution is 5.29. The average Bonchev–Trinajstić information content (AvgIpc) is 3.35. The average molecular weight is 309 g/mol. The second-order valence-corrected chi connectivity index (χ2v) is 8.33. The minimum absolute atomic E-state index is 0.116. The van der Waals surface area contributed by atoms with Crippen molar-refractivity contribution in [2.75, 3.05) is 6.61 Å². The van der Waals surface area contributed by atoms with Crippen LogP contribution in [0.1, 0.15) is 37.7 Å². The van der Waals surface area contributed by atoms with E-state index in [0.29, 0.717) is 17.9 Å². The molecule has 3 fully saturated rings. The van der Waals surface area contributed by atoms with Gasteiger partial charge in [0.05, 0.1) is 12.2 Å². The lowest BCUT2D eigenvalue weighted by molar-refractivity contribution is -0.105. The molecule has 1 aromatic rings. The fourth-order valence-corrected chi connectivity index (χ4v) is 6.07. The van der Waals surface area contributed by atoms with Gasteiger partial charge in [0.2, 0.25) is 0 Å². The molecule has 7 atom stereocenters. The second-order valence-electron chi connectivity index (χ2n) is 8.33. The van der Waals surface area contributed by atoms with E-state index in [9.17, 15) is 0 Å². The van der Waals surface area contributed by atoms with Crippen LogP contribution in [0, 0.1) is 29.6 Å². The summed E-state index contributed by atoms with van der Waals surface area (Å²) in [6.45, 7) is 0.913. The fourth-order valence-electron chi connectivity index (χ4n) is 6.07. The van der Waals surface area contributed by atoms with E-state index >= 15 is 0 Å². The lowest BCUT2D eigenvalue weighted by Crippen LogP contribution is -2.40. The van der Waals surface area contributed by atoms with E-state index < -0.39 is 0 Å². The van der Waals surface area contributed by atoms with Crippen LogP contribution in [-0.2, 0) is 10.3 Å². The van der Waals surface area contributed by atoms with Gasteiger partial charge in [0.15, 0.2) is 0 Å². The van der Waals surface area contributed by atoms with Crippen LogP contribution < -0.4 is 5.73 Å². The first-order chi connectivity index (χ1) is 11.3. The predicted octanol–water partition coefficient (Wildman–Crippen LogP) is 3.87. The van der Waals surface area contributed by atoms with E-state index in [4.69, 9.17) is 10.5 Å². The third-order valence-corrected chi connectivity index (χ3v) is 7.26. The molecule has 1 aromatic carbocycles. The van der Waals surface area contributed by atoms with Gasteiger partial charge >= 0.3 is 0 Å². The Morgan fingerprint density at radius 1 is 1.09 bits per heavy atom. The second kappa shape index (κ2) is 5.19. The molecule has 0 radical (unpaired) electrons. The summed E-state index contributed by atoms with van der Waals surface area (Å²) in [7, 11) is 0. The lowest BCUT2D eigenvalue weighted by Gasteiger charge is -2.40. The minimum atomic E-state index is -0.116. The number of ether oxygens (including phenoxy) is 1. The van der Waals surface area contributed by atoms with Crippen molar-refractivity contribution in [1.82, 2.24) is 0 Å². The van der Waals surface area contributed by atoms with Crippen LogP contribution in [0.3, 0.4) is 0 Å². The molecule has 23 heavy (non-hydrogen) atoms. The summed E-state index contributed by atoms with van der Waals surface area (Å²) < 4.78 is 6.80. The van der Waals surface area contributed by atoms with E-state index in [2.05, 4.69) is 42.5 Å². The molecule has 122 valence electrons. The molecule has 0 aliphatic heterocycles. The third-order valence-electron chi connectivity index (χ3n) is 7.26. The van der Waals surface area contributed by atoms with Crippen molar-refractivity contribution in [2.45, 2.75) is 43.7 Å². The summed E-state index contributed by atoms with van der Waals surface area (Å²) >= 11 is 0. The Morgan fingerprint density at radius 2 is 1.96 bits per heavy atom. The molecule has 0 heterocycles. The number of allylic oxidation sites excluding steroid dienone is 2. The van der Waals surface area contributed by atoms with Crippen LogP contribution in [0.2, 0.25) is 0 Å². The number of fused-ring (bicyclic) bond motifs is 4. The Morgan fingerprint density at radius 3 is 2.57 bits per heavy atom. The molecule has 4 bridgehead atoms. The molecule has 4 aliphatic rings. The maximum atomic E-state index is 6.80. The Bertz CT molecular complexity index is 612. The normalized spacial score (nSPS) is 46.8. The molecule has 5 rings (SSSR count). The topological polar surface area (TPSA) is 35.2 Å². The maximum absolute atomic E-state index is 6.80. The van der Waals surface area contributed by atoms with Gasteiger partial charge in [-0.25, -0.2) is 0 Å². The number of nitrogens with two attached hydrogens (primary N) is 1. The van der Waals surface area contributed by atoms with Crippen LogP contribution >= 0.6 is 0 Å². The molecule has 3 saturated carbocycles. The molecular weight excluding hydrogens is 282 g/mol. The Kier molecular flexibility index (Phi) is 3.21. The van der Waals surface area contributed by atoms with Crippen LogP contribution in [0.5, 0.6) is 0 Å². The first-order valence-corrected chi connectivity index (χ1v) is 9.40. The number of hydrogen-bond acceptors (Lipinski definition) is 2. The van der Waals surface area contributed by atoms with Gasteiger partial charge in [-0.2, -0.15) is 0 Å². The van der Waals surface area contributed by atoms with Gasteiger partial charge in [-0.05, 0) is 61.3 Å². The van der Waals surface area contributed by atoms with Crippen LogP contribution in [0.25, 0.3) is 0 Å². The summed E-state index contributed by atoms with van der Waals surface area (Å²) in [6, 6.07) is 11.2. The van der Waals surface area contributed by atoms with Crippen molar-refractivity contribution < 1.29 is 4.74 Å². The smallest absolute Gasteiger partial charge is 0.0977 e. The highest BCUT2D eigenvalue weighted by Crippen LogP contribution is 2.57. The van der Waals surface area contributed by atoms with E-state index in [-0.39, 0.29) is 5.60 Å². The van der Waals surface area contributed by atoms with Gasteiger partial charge in [0.1, 0.15) is 0 Å². The van der Waals surface area contributed by atoms with E-state index in [0.717, 1.165) is 30.8 Å². The highest BCUT2D eigenvalue weighted by Gasteiger charge is 2.57. The monoisotopic (exact) mass is 309 g/mol. The minimum Gasteiger partial charge on any atom is -0.370 e. The Hall–Kier alpha value is -1.12. The molecule has 0 saturated heterocycles. The van der Waals surface area contributed by atoms with Crippen molar-refractivity contribution in [3.05, 3.63) is 48.0 Å². The zero-order chi connectivity index (χ0) is 15.4. The summed E-state index contributed by atoms with van der Waals surface area (Å²) in [5.41, 5.74) is 7.80. The number of hydrogen-bond donors (Lipinski definition) is 1. The summed E-state index contributed by atoms with van der Waals surface area (Å²) in [6.07, 6.45) is 11.2. The fraction of sp³-hybridized carbons (Fsp3) is 0.619. The zero-order valence-electron chi connectivity index (χ0n) is 13.7. The van der Waals surface area contributed by atoms with Crippen LogP contribution in [0.15, 0.2) is 42.5 Å². The first kappa shape index (κ1) is 14.2. The summed E-state index contributed by atoms with van der Waals surface area (Å²) in [5, 5.41) is 0. The molecule has 0 amide bonds. The van der Waals surface area contributed by atoms with Crippen molar-refractivity contribution in [3.63, 3.8) is 0 Å². The third kappa shape index (κ3) is 2.08. The summed E-state index contributed by atoms with van der Waals surface area (Å²) in [4.78, 5) is 0. The van der Waals surface area contributed by atoms with Gasteiger partial charge < -0.3 is 10.5 Å². The van der Waals surface area contributed by atoms with Gasteiger partial charge in [-0.1, -0.05) is 42.5 Å². The van der Waals surface area contributed by atoms with Crippen molar-refractivity contribution in [1.29, 1.82) is 0 Å². The number of benzene rings is 1. The van der Waals surface area contributed by atoms with Gasteiger partial charge in [0, 0.05) is 12.0 Å². The van der Waals surface area contributed by atoms with Crippen molar-refractivity contribution >= 4 is 0 Å². The predicted molar refractivity (Wildman–Crippen MR) is 91.7 cm³/mol. The SMILES string of the molecule is NC1C2CCC1C(OCC1CC3C=CC1C3)(c1ccccc1)C2. The molecule has 2 nitrogen and oxygen atoms in total. The molecule has 4 aliphatic carbocycles. The molecule has 2 heteroatoms. The number of rotatable bonds is 4. The van der Waals surface area contributed by atoms with Crippen molar-refractivity contribution in [3.8, 4) is 0 Å². The zero-order valence-corrected chi connectivity index (χ0v) is 13.7. The van der Waals surface area contributed by atoms with Crippen molar-refractivity contribution in [2.24, 2.45) is 35.3 Å².